The van der Waals surface area contributed by atoms with E-state index in [-0.39, 0.29) is 5.75 Å². The highest BCUT2D eigenvalue weighted by atomic mass is 32.2. The van der Waals surface area contributed by atoms with Gasteiger partial charge in [-0.3, -0.25) is 5.10 Å². The molecule has 1 aromatic rings. The van der Waals surface area contributed by atoms with E-state index in [1.54, 1.807) is 0 Å². The quantitative estimate of drug-likeness (QED) is 0.904. The van der Waals surface area contributed by atoms with Crippen molar-refractivity contribution in [3.8, 4) is 0 Å². The van der Waals surface area contributed by atoms with Crippen LogP contribution in [0.4, 0.5) is 0 Å². The predicted molar refractivity (Wildman–Crippen MR) is 72.6 cm³/mol. The summed E-state index contributed by atoms with van der Waals surface area (Å²) < 4.78 is 24.2. The molecule has 3 rings (SSSR count). The average molecular weight is 283 g/mol. The molecule has 1 aromatic heterocycles. The van der Waals surface area contributed by atoms with Crippen LogP contribution in [0.3, 0.4) is 0 Å². The van der Waals surface area contributed by atoms with Crippen LogP contribution in [0.5, 0.6) is 0 Å². The highest BCUT2D eigenvalue weighted by molar-refractivity contribution is 7.91. The van der Waals surface area contributed by atoms with Gasteiger partial charge >= 0.3 is 0 Å². The summed E-state index contributed by atoms with van der Waals surface area (Å²) >= 11 is 0. The lowest BCUT2D eigenvalue weighted by atomic mass is 9.89. The molecule has 106 valence electrons. The second-order valence-electron chi connectivity index (χ2n) is 5.77. The van der Waals surface area contributed by atoms with Gasteiger partial charge in [0.2, 0.25) is 0 Å². The molecule has 1 N–H and O–H groups in total. The van der Waals surface area contributed by atoms with Crippen molar-refractivity contribution >= 4 is 9.84 Å². The third kappa shape index (κ3) is 2.68. The van der Waals surface area contributed by atoms with E-state index < -0.39 is 15.1 Å². The maximum Gasteiger partial charge on any atom is 0.160 e. The number of hydrogen-bond acceptors (Lipinski definition) is 4. The summed E-state index contributed by atoms with van der Waals surface area (Å²) in [7, 11) is -3.03. The van der Waals surface area contributed by atoms with E-state index in [2.05, 4.69) is 15.2 Å². The second kappa shape index (κ2) is 5.23. The smallest absolute Gasteiger partial charge is 0.160 e. The van der Waals surface area contributed by atoms with Crippen LogP contribution in [0.15, 0.2) is 0 Å². The molecule has 0 amide bonds. The van der Waals surface area contributed by atoms with Crippen molar-refractivity contribution in [3.05, 3.63) is 11.6 Å². The highest BCUT2D eigenvalue weighted by Crippen LogP contribution is 2.34. The van der Waals surface area contributed by atoms with E-state index in [0.29, 0.717) is 18.2 Å². The van der Waals surface area contributed by atoms with E-state index in [9.17, 15) is 8.42 Å². The summed E-state index contributed by atoms with van der Waals surface area (Å²) in [5, 5.41) is 6.72. The summed E-state index contributed by atoms with van der Waals surface area (Å²) in [6.07, 6.45) is 8.45. The van der Waals surface area contributed by atoms with Crippen molar-refractivity contribution < 1.29 is 8.42 Å². The van der Waals surface area contributed by atoms with Gasteiger partial charge in [0, 0.05) is 5.92 Å². The number of nitrogens with zero attached hydrogens (tertiary/aromatic N) is 2. The third-order valence-electron chi connectivity index (χ3n) is 4.37. The second-order valence-corrected chi connectivity index (χ2v) is 8.07. The molecule has 2 heterocycles. The van der Waals surface area contributed by atoms with Crippen molar-refractivity contribution in [1.82, 2.24) is 15.2 Å². The zero-order valence-corrected chi connectivity index (χ0v) is 12.0. The van der Waals surface area contributed by atoms with Gasteiger partial charge in [-0.15, -0.1) is 0 Å². The van der Waals surface area contributed by atoms with Crippen molar-refractivity contribution in [2.45, 2.75) is 62.5 Å². The van der Waals surface area contributed by atoms with Crippen LogP contribution < -0.4 is 0 Å². The predicted octanol–water partition coefficient (Wildman–Crippen LogP) is 2.49. The van der Waals surface area contributed by atoms with Crippen LogP contribution >= 0.6 is 0 Å². The molecule has 1 atom stereocenters. The Balaban J connectivity index is 1.80. The Morgan fingerprint density at radius 3 is 2.47 bits per heavy atom. The van der Waals surface area contributed by atoms with Crippen LogP contribution in [0, 0.1) is 0 Å². The lowest BCUT2D eigenvalue weighted by Gasteiger charge is -2.20. The maximum atomic E-state index is 12.1. The minimum Gasteiger partial charge on any atom is -0.262 e. The SMILES string of the molecule is O=S1(=O)CCCCC1c1nc(C2CCCCC2)n[nH]1. The largest absolute Gasteiger partial charge is 0.262 e. The number of H-pyrrole nitrogens is 1. The Kier molecular flexibility index (Phi) is 3.60. The first kappa shape index (κ1) is 13.1. The molecular weight excluding hydrogens is 262 g/mol. The molecule has 0 spiro atoms. The minimum absolute atomic E-state index is 0.289. The summed E-state index contributed by atoms with van der Waals surface area (Å²) in [4.78, 5) is 4.51. The van der Waals surface area contributed by atoms with Crippen molar-refractivity contribution in [2.24, 2.45) is 0 Å². The van der Waals surface area contributed by atoms with Gasteiger partial charge in [0.1, 0.15) is 11.1 Å². The van der Waals surface area contributed by atoms with E-state index in [1.807, 2.05) is 0 Å². The number of rotatable bonds is 2. The standard InChI is InChI=1S/C13H21N3O2S/c17-19(18)9-5-4-8-11(19)13-14-12(15-16-13)10-6-2-1-3-7-10/h10-11H,1-9H2,(H,14,15,16). The Labute approximate surface area is 114 Å². The topological polar surface area (TPSA) is 75.7 Å². The molecule has 1 aliphatic heterocycles. The van der Waals surface area contributed by atoms with E-state index >= 15 is 0 Å². The van der Waals surface area contributed by atoms with Crippen LogP contribution in [0.1, 0.15) is 74.2 Å². The lowest BCUT2D eigenvalue weighted by molar-refractivity contribution is 0.429. The summed E-state index contributed by atoms with van der Waals surface area (Å²) in [6.45, 7) is 0. The van der Waals surface area contributed by atoms with Crippen molar-refractivity contribution in [1.29, 1.82) is 0 Å². The molecule has 1 saturated carbocycles. The minimum atomic E-state index is -3.03. The highest BCUT2D eigenvalue weighted by Gasteiger charge is 2.33. The van der Waals surface area contributed by atoms with Gasteiger partial charge in [0.15, 0.2) is 15.7 Å². The molecule has 5 nitrogen and oxygen atoms in total. The Hall–Kier alpha value is -0.910. The fourth-order valence-corrected chi connectivity index (χ4v) is 5.10. The molecule has 0 aromatic carbocycles. The Morgan fingerprint density at radius 1 is 1.00 bits per heavy atom. The summed E-state index contributed by atoms with van der Waals surface area (Å²) in [5.41, 5.74) is 0. The number of aromatic amines is 1. The molecule has 1 unspecified atom stereocenters. The zero-order valence-electron chi connectivity index (χ0n) is 11.1. The van der Waals surface area contributed by atoms with Crippen molar-refractivity contribution in [2.75, 3.05) is 5.75 Å². The summed E-state index contributed by atoms with van der Waals surface area (Å²) in [5.74, 6) is 2.11. The molecule has 1 saturated heterocycles. The lowest BCUT2D eigenvalue weighted by Crippen LogP contribution is -2.22. The molecule has 6 heteroatoms. The van der Waals surface area contributed by atoms with E-state index in [0.717, 1.165) is 31.5 Å². The average Bonchev–Trinajstić information content (AvgIpc) is 2.88. The Bertz CT molecular complexity index is 532. The molecular formula is C13H21N3O2S. The van der Waals surface area contributed by atoms with E-state index in [4.69, 9.17) is 0 Å². The Morgan fingerprint density at radius 2 is 1.74 bits per heavy atom. The van der Waals surface area contributed by atoms with Gasteiger partial charge < -0.3 is 0 Å². The fourth-order valence-electron chi connectivity index (χ4n) is 3.24. The molecule has 2 fully saturated rings. The van der Waals surface area contributed by atoms with Crippen molar-refractivity contribution in [3.63, 3.8) is 0 Å². The zero-order chi connectivity index (χ0) is 13.3. The first-order chi connectivity index (χ1) is 9.17. The van der Waals surface area contributed by atoms with Crippen LogP contribution in [0.2, 0.25) is 0 Å². The summed E-state index contributed by atoms with van der Waals surface area (Å²) in [6, 6.07) is 0. The van der Waals surface area contributed by atoms with E-state index in [1.165, 1.54) is 19.3 Å². The van der Waals surface area contributed by atoms with Gasteiger partial charge in [-0.05, 0) is 25.7 Å². The van der Waals surface area contributed by atoms with Gasteiger partial charge in [-0.25, -0.2) is 13.4 Å². The molecule has 1 aliphatic carbocycles. The van der Waals surface area contributed by atoms with Gasteiger partial charge in [0.05, 0.1) is 5.75 Å². The monoisotopic (exact) mass is 283 g/mol. The fraction of sp³-hybridized carbons (Fsp3) is 0.846. The first-order valence-corrected chi connectivity index (χ1v) is 9.02. The van der Waals surface area contributed by atoms with Crippen LogP contribution in [0.25, 0.3) is 0 Å². The number of hydrogen-bond donors (Lipinski definition) is 1. The van der Waals surface area contributed by atoms with Gasteiger partial charge in [-0.2, -0.15) is 5.10 Å². The molecule has 2 aliphatic rings. The maximum absolute atomic E-state index is 12.1. The molecule has 0 radical (unpaired) electrons. The molecule has 0 bridgehead atoms. The number of sulfone groups is 1. The van der Waals surface area contributed by atoms with Gasteiger partial charge in [-0.1, -0.05) is 25.7 Å². The number of aromatic nitrogens is 3. The molecule has 19 heavy (non-hydrogen) atoms. The number of nitrogens with one attached hydrogen (secondary N) is 1. The van der Waals surface area contributed by atoms with Gasteiger partial charge in [0.25, 0.3) is 0 Å². The van der Waals surface area contributed by atoms with Crippen LogP contribution in [-0.4, -0.2) is 29.4 Å². The van der Waals surface area contributed by atoms with Crippen LogP contribution in [-0.2, 0) is 9.84 Å². The first-order valence-electron chi connectivity index (χ1n) is 7.30. The normalized spacial score (nSPS) is 28.3. The third-order valence-corrected chi connectivity index (χ3v) is 6.56.